The summed E-state index contributed by atoms with van der Waals surface area (Å²) in [5.74, 6) is -2.31. The van der Waals surface area contributed by atoms with E-state index in [-0.39, 0.29) is 32.8 Å². The second-order valence-electron chi connectivity index (χ2n) is 7.90. The van der Waals surface area contributed by atoms with Crippen molar-refractivity contribution in [2.24, 2.45) is 5.92 Å². The highest BCUT2D eigenvalue weighted by atomic mass is 16.6. The lowest BCUT2D eigenvalue weighted by Crippen LogP contribution is -2.49. The number of ether oxygens (including phenoxy) is 4. The number of carbonyl (C=O) groups excluding carboxylic acids is 4. The third-order valence-corrected chi connectivity index (χ3v) is 4.00. The molecule has 170 valence electrons. The number of Topliss-reactive ketones (excluding diaryl/α,β-unsaturated/α-hetero) is 1. The highest BCUT2D eigenvalue weighted by Crippen LogP contribution is 2.10. The minimum Gasteiger partial charge on any atom is -0.467 e. The van der Waals surface area contributed by atoms with Crippen molar-refractivity contribution in [1.82, 2.24) is 10.6 Å². The molecule has 2 amide bonds. The molecule has 0 aliphatic carbocycles. The molecule has 0 radical (unpaired) electrons. The number of rotatable bonds is 2. The normalized spacial score (nSPS) is 24.8. The number of methoxy groups -OCH3 is 1. The summed E-state index contributed by atoms with van der Waals surface area (Å²) >= 11 is 0. The van der Waals surface area contributed by atoms with Crippen molar-refractivity contribution in [1.29, 1.82) is 0 Å². The number of nitrogens with one attached hydrogen (secondary N) is 2. The maximum absolute atomic E-state index is 12.7. The first kappa shape index (κ1) is 25.6. The van der Waals surface area contributed by atoms with Gasteiger partial charge in [-0.15, -0.1) is 0 Å². The zero-order chi connectivity index (χ0) is 22.7. The monoisotopic (exact) mass is 428 g/mol. The number of hydrogen-bond donors (Lipinski definition) is 2. The molecule has 0 aromatic carbocycles. The number of ketones is 1. The Morgan fingerprint density at radius 2 is 1.73 bits per heavy atom. The highest BCUT2D eigenvalue weighted by molar-refractivity contribution is 5.92. The fourth-order valence-corrected chi connectivity index (χ4v) is 2.47. The fraction of sp³-hybridized carbons (Fsp3) is 0.700. The van der Waals surface area contributed by atoms with E-state index in [1.54, 1.807) is 39.8 Å². The van der Waals surface area contributed by atoms with E-state index in [2.05, 4.69) is 15.4 Å². The molecule has 0 aromatic rings. The van der Waals surface area contributed by atoms with Crippen LogP contribution < -0.4 is 10.6 Å². The van der Waals surface area contributed by atoms with Gasteiger partial charge in [-0.2, -0.15) is 0 Å². The average Bonchev–Trinajstić information content (AvgIpc) is 2.65. The molecule has 10 heteroatoms. The fourth-order valence-electron chi connectivity index (χ4n) is 2.47. The molecule has 1 aliphatic heterocycles. The molecule has 1 aliphatic rings. The summed E-state index contributed by atoms with van der Waals surface area (Å²) in [7, 11) is 1.21. The van der Waals surface area contributed by atoms with E-state index in [9.17, 15) is 19.2 Å². The minimum atomic E-state index is -0.995. The predicted octanol–water partition coefficient (Wildman–Crippen LogP) is 0.736. The van der Waals surface area contributed by atoms with Crippen molar-refractivity contribution in [3.8, 4) is 0 Å². The maximum Gasteiger partial charge on any atom is 0.408 e. The second kappa shape index (κ2) is 12.3. The van der Waals surface area contributed by atoms with E-state index in [0.717, 1.165) is 0 Å². The van der Waals surface area contributed by atoms with Crippen molar-refractivity contribution in [2.45, 2.75) is 51.8 Å². The van der Waals surface area contributed by atoms with Gasteiger partial charge in [0.25, 0.3) is 0 Å². The number of carbonyl (C=O) groups is 4. The van der Waals surface area contributed by atoms with E-state index in [4.69, 9.17) is 14.2 Å². The number of esters is 1. The third kappa shape index (κ3) is 9.84. The van der Waals surface area contributed by atoms with Gasteiger partial charge in [0.2, 0.25) is 5.91 Å². The minimum absolute atomic E-state index is 0.0763. The van der Waals surface area contributed by atoms with Gasteiger partial charge in [0.15, 0.2) is 11.8 Å². The molecule has 0 fully saturated rings. The molecule has 3 atom stereocenters. The Morgan fingerprint density at radius 1 is 1.13 bits per heavy atom. The zero-order valence-corrected chi connectivity index (χ0v) is 18.2. The summed E-state index contributed by atoms with van der Waals surface area (Å²) in [6, 6.07) is -1.98. The second-order valence-corrected chi connectivity index (χ2v) is 7.90. The first-order valence-corrected chi connectivity index (χ1v) is 9.74. The van der Waals surface area contributed by atoms with E-state index in [1.165, 1.54) is 7.11 Å². The lowest BCUT2D eigenvalue weighted by atomic mass is 9.99. The van der Waals surface area contributed by atoms with Crippen molar-refractivity contribution < 1.29 is 38.1 Å². The number of alkyl carbamates (subject to hydrolysis) is 1. The quantitative estimate of drug-likeness (QED) is 0.487. The summed E-state index contributed by atoms with van der Waals surface area (Å²) < 4.78 is 20.7. The molecule has 0 saturated carbocycles. The van der Waals surface area contributed by atoms with Crippen LogP contribution in [-0.4, -0.2) is 75.0 Å². The molecule has 0 saturated heterocycles. The maximum atomic E-state index is 12.7. The summed E-state index contributed by atoms with van der Waals surface area (Å²) in [5.41, 5.74) is -0.730. The van der Waals surface area contributed by atoms with Gasteiger partial charge >= 0.3 is 12.1 Å². The average molecular weight is 428 g/mol. The van der Waals surface area contributed by atoms with Crippen molar-refractivity contribution in [3.05, 3.63) is 12.2 Å². The van der Waals surface area contributed by atoms with Crippen LogP contribution >= 0.6 is 0 Å². The number of amides is 2. The Kier molecular flexibility index (Phi) is 10.5. The van der Waals surface area contributed by atoms with Gasteiger partial charge < -0.3 is 29.6 Å². The molecule has 0 bridgehead atoms. The topological polar surface area (TPSA) is 129 Å². The first-order valence-electron chi connectivity index (χ1n) is 9.74. The van der Waals surface area contributed by atoms with E-state index in [0.29, 0.717) is 0 Å². The molecule has 0 unspecified atom stereocenters. The van der Waals surface area contributed by atoms with Gasteiger partial charge in [0.05, 0.1) is 33.5 Å². The van der Waals surface area contributed by atoms with Gasteiger partial charge in [0, 0.05) is 12.3 Å². The lowest BCUT2D eigenvalue weighted by molar-refractivity contribution is -0.147. The largest absolute Gasteiger partial charge is 0.467 e. The van der Waals surface area contributed by atoms with Crippen LogP contribution in [0.3, 0.4) is 0 Å². The van der Waals surface area contributed by atoms with Crippen LogP contribution in [0.2, 0.25) is 0 Å². The van der Waals surface area contributed by atoms with Gasteiger partial charge in [-0.1, -0.05) is 19.1 Å². The van der Waals surface area contributed by atoms with Crippen LogP contribution in [0.25, 0.3) is 0 Å². The van der Waals surface area contributed by atoms with E-state index in [1.807, 2.05) is 0 Å². The molecular formula is C20H32N2O8. The lowest BCUT2D eigenvalue weighted by Gasteiger charge is -2.24. The van der Waals surface area contributed by atoms with Crippen molar-refractivity contribution >= 4 is 23.8 Å². The molecule has 0 spiro atoms. The summed E-state index contributed by atoms with van der Waals surface area (Å²) in [4.78, 5) is 49.1. The summed E-state index contributed by atoms with van der Waals surface area (Å²) in [6.45, 7) is 6.90. The first-order chi connectivity index (χ1) is 14.0. The highest BCUT2D eigenvalue weighted by Gasteiger charge is 2.29. The molecule has 1 heterocycles. The summed E-state index contributed by atoms with van der Waals surface area (Å²) in [6.07, 6.45) is 2.44. The molecular weight excluding hydrogens is 396 g/mol. The van der Waals surface area contributed by atoms with E-state index >= 15 is 0 Å². The predicted molar refractivity (Wildman–Crippen MR) is 107 cm³/mol. The smallest absolute Gasteiger partial charge is 0.408 e. The van der Waals surface area contributed by atoms with Gasteiger partial charge in [-0.3, -0.25) is 9.59 Å². The van der Waals surface area contributed by atoms with Crippen LogP contribution in [-0.2, 0) is 33.3 Å². The van der Waals surface area contributed by atoms with Gasteiger partial charge in [-0.25, -0.2) is 9.59 Å². The SMILES string of the molecule is COC(=O)[C@@H]1COCC=CCOC[C@H](NC(=O)OC(C)(C)C)C(=O)C[C@@H](C)C(=O)N1. The van der Waals surface area contributed by atoms with Crippen LogP contribution in [0.1, 0.15) is 34.1 Å². The Morgan fingerprint density at radius 3 is 2.30 bits per heavy atom. The van der Waals surface area contributed by atoms with Crippen molar-refractivity contribution in [3.63, 3.8) is 0 Å². The zero-order valence-electron chi connectivity index (χ0n) is 18.2. The molecule has 1 rings (SSSR count). The molecule has 10 nitrogen and oxygen atoms in total. The Labute approximate surface area is 176 Å². The Balaban J connectivity index is 2.91. The summed E-state index contributed by atoms with van der Waals surface area (Å²) in [5, 5.41) is 5.03. The third-order valence-electron chi connectivity index (χ3n) is 4.00. The van der Waals surface area contributed by atoms with Crippen LogP contribution in [0.15, 0.2) is 12.2 Å². The number of hydrogen-bond acceptors (Lipinski definition) is 8. The van der Waals surface area contributed by atoms with Gasteiger partial charge in [-0.05, 0) is 20.8 Å². The van der Waals surface area contributed by atoms with Crippen LogP contribution in [0, 0.1) is 5.92 Å². The van der Waals surface area contributed by atoms with Crippen LogP contribution in [0.5, 0.6) is 0 Å². The van der Waals surface area contributed by atoms with Crippen molar-refractivity contribution in [2.75, 3.05) is 33.5 Å². The molecule has 30 heavy (non-hydrogen) atoms. The van der Waals surface area contributed by atoms with Crippen LogP contribution in [0.4, 0.5) is 4.79 Å². The standard InChI is InChI=1S/C20H32N2O8/c1-13-10-16(23)14(22-19(26)30-20(2,3)4)11-28-8-6-7-9-29-12-15(18(25)27-5)21-17(13)24/h6-7,13-15H,8-12H2,1-5H3,(H,21,24)(H,22,26)/t13-,14+,15+/m1/s1. The van der Waals surface area contributed by atoms with E-state index < -0.39 is 47.4 Å². The van der Waals surface area contributed by atoms with Gasteiger partial charge in [0.1, 0.15) is 11.6 Å². The molecule has 2 N–H and O–H groups in total. The molecule has 0 aromatic heterocycles. The Hall–Kier alpha value is -2.46. The Bertz CT molecular complexity index is 641.